The van der Waals surface area contributed by atoms with Crippen molar-refractivity contribution in [1.29, 1.82) is 0 Å². The molecule has 1 aromatic heterocycles. The van der Waals surface area contributed by atoms with Crippen molar-refractivity contribution in [2.45, 2.75) is 25.9 Å². The van der Waals surface area contributed by atoms with Crippen molar-refractivity contribution in [3.8, 4) is 21.6 Å². The number of rotatable bonds is 7. The molecule has 3 aromatic carbocycles. The quantitative estimate of drug-likeness (QED) is 0.305. The molecular formula is C28H26FNOS. The van der Waals surface area contributed by atoms with Crippen molar-refractivity contribution < 1.29 is 9.50 Å². The van der Waals surface area contributed by atoms with Gasteiger partial charge < -0.3 is 10.4 Å². The van der Waals surface area contributed by atoms with Gasteiger partial charge >= 0.3 is 0 Å². The molecule has 0 bridgehead atoms. The van der Waals surface area contributed by atoms with Gasteiger partial charge in [0.05, 0.1) is 16.2 Å². The van der Waals surface area contributed by atoms with Gasteiger partial charge in [0.1, 0.15) is 5.82 Å². The predicted molar refractivity (Wildman–Crippen MR) is 134 cm³/mol. The highest BCUT2D eigenvalue weighted by molar-refractivity contribution is 7.16. The molecule has 32 heavy (non-hydrogen) atoms. The monoisotopic (exact) mass is 443 g/mol. The minimum absolute atomic E-state index is 0.233. The molecule has 2 nitrogen and oxygen atoms in total. The van der Waals surface area contributed by atoms with Crippen LogP contribution in [0.1, 0.15) is 25.1 Å². The Bertz CT molecular complexity index is 1210. The van der Waals surface area contributed by atoms with Crippen LogP contribution in [0.5, 0.6) is 0 Å². The molecule has 1 heterocycles. The van der Waals surface area contributed by atoms with Gasteiger partial charge in [0, 0.05) is 16.1 Å². The highest BCUT2D eigenvalue weighted by atomic mass is 32.1. The summed E-state index contributed by atoms with van der Waals surface area (Å²) in [5.41, 5.74) is 3.41. The Hall–Kier alpha value is -3.21. The Kier molecular flexibility index (Phi) is 6.54. The molecule has 0 spiro atoms. The smallest absolute Gasteiger partial charge is 0.131 e. The molecule has 4 heteroatoms. The van der Waals surface area contributed by atoms with Crippen molar-refractivity contribution in [1.82, 2.24) is 0 Å². The number of anilines is 1. The summed E-state index contributed by atoms with van der Waals surface area (Å²) in [5, 5.41) is 13.7. The van der Waals surface area contributed by atoms with Gasteiger partial charge in [-0.25, -0.2) is 4.39 Å². The van der Waals surface area contributed by atoms with E-state index in [1.807, 2.05) is 91.0 Å². The van der Waals surface area contributed by atoms with E-state index in [1.54, 1.807) is 31.3 Å². The first-order valence-corrected chi connectivity index (χ1v) is 11.4. The zero-order valence-electron chi connectivity index (χ0n) is 18.2. The van der Waals surface area contributed by atoms with Crippen LogP contribution in [0, 0.1) is 5.82 Å². The standard InChI is InChI=1S/C28H26FNOS/c1-28(2,31)18-17-25(30-22-11-7-4-8-12-22)27-16-15-26(32-27)21-13-14-23(24(29)19-21)20-9-5-3-6-10-20/h3-17,19,30-31H,18H2,1-2H3/b25-17-. The van der Waals surface area contributed by atoms with E-state index in [-0.39, 0.29) is 5.82 Å². The highest BCUT2D eigenvalue weighted by Crippen LogP contribution is 2.35. The molecule has 162 valence electrons. The lowest BCUT2D eigenvalue weighted by Gasteiger charge is -2.16. The van der Waals surface area contributed by atoms with Crippen molar-refractivity contribution in [2.75, 3.05) is 5.32 Å². The second-order valence-electron chi connectivity index (χ2n) is 8.35. The second-order valence-corrected chi connectivity index (χ2v) is 9.43. The number of para-hydroxylation sites is 1. The fourth-order valence-corrected chi connectivity index (χ4v) is 4.40. The molecule has 0 unspecified atom stereocenters. The maximum Gasteiger partial charge on any atom is 0.131 e. The number of benzene rings is 3. The first kappa shape index (κ1) is 22.0. The van der Waals surface area contributed by atoms with Crippen molar-refractivity contribution in [3.63, 3.8) is 0 Å². The summed E-state index contributed by atoms with van der Waals surface area (Å²) in [6, 6.07) is 29.0. The Labute approximate surface area is 192 Å². The summed E-state index contributed by atoms with van der Waals surface area (Å²) in [6.45, 7) is 3.58. The normalized spacial score (nSPS) is 12.1. The van der Waals surface area contributed by atoms with Crippen molar-refractivity contribution >= 4 is 22.7 Å². The maximum atomic E-state index is 14.9. The van der Waals surface area contributed by atoms with E-state index in [9.17, 15) is 9.50 Å². The number of halogens is 1. The van der Waals surface area contributed by atoms with Crippen LogP contribution < -0.4 is 5.32 Å². The van der Waals surface area contributed by atoms with Crippen LogP contribution >= 0.6 is 11.3 Å². The lowest BCUT2D eigenvalue weighted by Crippen LogP contribution is -2.17. The maximum absolute atomic E-state index is 14.9. The Morgan fingerprint density at radius 1 is 0.906 bits per heavy atom. The summed E-state index contributed by atoms with van der Waals surface area (Å²) >= 11 is 1.60. The zero-order valence-corrected chi connectivity index (χ0v) is 19.0. The molecule has 0 amide bonds. The molecule has 0 aliphatic rings. The van der Waals surface area contributed by atoms with Gasteiger partial charge in [0.2, 0.25) is 0 Å². The highest BCUT2D eigenvalue weighted by Gasteiger charge is 2.14. The molecule has 0 saturated carbocycles. The van der Waals surface area contributed by atoms with Gasteiger partial charge in [-0.2, -0.15) is 0 Å². The van der Waals surface area contributed by atoms with Crippen molar-refractivity contribution in [2.24, 2.45) is 0 Å². The van der Waals surface area contributed by atoms with Crippen LogP contribution in [-0.2, 0) is 0 Å². The first-order valence-electron chi connectivity index (χ1n) is 10.6. The SMILES string of the molecule is CC(C)(O)C/C=C(\Nc1ccccc1)c1ccc(-c2ccc(-c3ccccc3)c(F)c2)s1. The number of nitrogens with one attached hydrogen (secondary N) is 1. The molecule has 0 aliphatic heterocycles. The Balaban J connectivity index is 1.63. The molecule has 2 N–H and O–H groups in total. The van der Waals surface area contributed by atoms with E-state index in [0.717, 1.165) is 32.3 Å². The van der Waals surface area contributed by atoms with Crippen LogP contribution in [0.15, 0.2) is 97.1 Å². The van der Waals surface area contributed by atoms with E-state index in [2.05, 4.69) is 5.32 Å². The number of hydrogen-bond donors (Lipinski definition) is 2. The van der Waals surface area contributed by atoms with Gasteiger partial charge in [-0.05, 0) is 61.7 Å². The number of thiophene rings is 1. The van der Waals surface area contributed by atoms with Crippen molar-refractivity contribution in [3.05, 3.63) is 108 Å². The summed E-state index contributed by atoms with van der Waals surface area (Å²) in [5.74, 6) is -0.233. The third kappa shape index (κ3) is 5.52. The molecule has 0 atom stereocenters. The van der Waals surface area contributed by atoms with Crippen LogP contribution in [0.2, 0.25) is 0 Å². The summed E-state index contributed by atoms with van der Waals surface area (Å²) in [4.78, 5) is 2.02. The lowest BCUT2D eigenvalue weighted by atomic mass is 10.0. The lowest BCUT2D eigenvalue weighted by molar-refractivity contribution is 0.0840. The summed E-state index contributed by atoms with van der Waals surface area (Å²) < 4.78 is 14.9. The van der Waals surface area contributed by atoms with Crippen LogP contribution in [-0.4, -0.2) is 10.7 Å². The Morgan fingerprint density at radius 2 is 1.59 bits per heavy atom. The van der Waals surface area contributed by atoms with E-state index >= 15 is 0 Å². The van der Waals surface area contributed by atoms with Gasteiger partial charge in [0.15, 0.2) is 0 Å². The number of hydrogen-bond acceptors (Lipinski definition) is 3. The largest absolute Gasteiger partial charge is 0.390 e. The average Bonchev–Trinajstić information content (AvgIpc) is 3.27. The zero-order chi connectivity index (χ0) is 22.6. The molecular weight excluding hydrogens is 417 g/mol. The minimum Gasteiger partial charge on any atom is -0.390 e. The Morgan fingerprint density at radius 3 is 2.25 bits per heavy atom. The van der Waals surface area contributed by atoms with Crippen LogP contribution in [0.4, 0.5) is 10.1 Å². The third-order valence-corrected chi connectivity index (χ3v) is 6.24. The second kappa shape index (κ2) is 9.51. The molecule has 4 rings (SSSR count). The molecule has 0 radical (unpaired) electrons. The van der Waals surface area contributed by atoms with E-state index in [0.29, 0.717) is 12.0 Å². The minimum atomic E-state index is -0.805. The van der Waals surface area contributed by atoms with Gasteiger partial charge in [0.25, 0.3) is 0 Å². The molecule has 0 fully saturated rings. The van der Waals surface area contributed by atoms with E-state index in [4.69, 9.17) is 0 Å². The molecule has 0 aliphatic carbocycles. The summed E-state index contributed by atoms with van der Waals surface area (Å²) in [7, 11) is 0. The van der Waals surface area contributed by atoms with Crippen LogP contribution in [0.3, 0.4) is 0 Å². The fraction of sp³-hybridized carbons (Fsp3) is 0.143. The molecule has 0 saturated heterocycles. The fourth-order valence-electron chi connectivity index (χ4n) is 3.40. The topological polar surface area (TPSA) is 32.3 Å². The van der Waals surface area contributed by atoms with Crippen LogP contribution in [0.25, 0.3) is 27.3 Å². The van der Waals surface area contributed by atoms with Gasteiger partial charge in [-0.15, -0.1) is 11.3 Å². The van der Waals surface area contributed by atoms with E-state index in [1.165, 1.54) is 0 Å². The third-order valence-electron chi connectivity index (χ3n) is 5.07. The average molecular weight is 444 g/mol. The number of aliphatic hydroxyl groups is 1. The van der Waals surface area contributed by atoms with Gasteiger partial charge in [-0.1, -0.05) is 66.7 Å². The first-order chi connectivity index (χ1) is 15.4. The predicted octanol–water partition coefficient (Wildman–Crippen LogP) is 7.84. The molecule has 4 aromatic rings. The van der Waals surface area contributed by atoms with E-state index < -0.39 is 5.60 Å². The van der Waals surface area contributed by atoms with Gasteiger partial charge in [-0.3, -0.25) is 0 Å². The summed E-state index contributed by atoms with van der Waals surface area (Å²) in [6.07, 6.45) is 2.53.